The Kier molecular flexibility index (Phi) is 3.16. The van der Waals surface area contributed by atoms with Gasteiger partial charge in [-0.15, -0.1) is 0 Å². The average molecular weight is 244 g/mol. The van der Waals surface area contributed by atoms with E-state index in [1.807, 2.05) is 0 Å². The molecule has 1 saturated carbocycles. The second-order valence-corrected chi connectivity index (χ2v) is 6.21. The number of nitrogens with two attached hydrogens (primary N) is 1. The van der Waals surface area contributed by atoms with Crippen molar-refractivity contribution in [3.63, 3.8) is 0 Å². The lowest BCUT2D eigenvalue weighted by Crippen LogP contribution is -2.62. The first-order chi connectivity index (χ1) is 8.69. The summed E-state index contributed by atoms with van der Waals surface area (Å²) in [6.45, 7) is 6.41. The number of rotatable bonds is 3. The maximum Gasteiger partial charge on any atom is 0.0253 e. The molecule has 3 fully saturated rings. The Morgan fingerprint density at radius 3 is 2.50 bits per heavy atom. The van der Waals surface area contributed by atoms with E-state index >= 15 is 0 Å². The Balaban J connectivity index is 1.75. The van der Waals surface area contributed by atoms with E-state index in [4.69, 9.17) is 5.73 Å². The maximum atomic E-state index is 6.00. The minimum atomic E-state index is 0.587. The second-order valence-electron chi connectivity index (χ2n) is 6.21. The normalized spacial score (nSPS) is 35.3. The predicted octanol–water partition coefficient (Wildman–Crippen LogP) is 2.55. The molecule has 2 nitrogen and oxygen atoms in total. The van der Waals surface area contributed by atoms with Gasteiger partial charge in [0.1, 0.15) is 0 Å². The number of nitrogens with zero attached hydrogens (tertiary/aromatic N) is 1. The minimum absolute atomic E-state index is 0.587. The fraction of sp³-hybridized carbons (Fsp3) is 0.625. The van der Waals surface area contributed by atoms with Gasteiger partial charge in [-0.1, -0.05) is 36.8 Å². The second kappa shape index (κ2) is 4.67. The molecular formula is C16H24N2. The van der Waals surface area contributed by atoms with Gasteiger partial charge in [-0.25, -0.2) is 0 Å². The van der Waals surface area contributed by atoms with Gasteiger partial charge in [-0.05, 0) is 37.2 Å². The van der Waals surface area contributed by atoms with Gasteiger partial charge in [-0.2, -0.15) is 0 Å². The number of hydrogen-bond acceptors (Lipinski definition) is 2. The van der Waals surface area contributed by atoms with Crippen molar-refractivity contribution in [1.29, 1.82) is 0 Å². The van der Waals surface area contributed by atoms with Gasteiger partial charge in [-0.3, -0.25) is 4.90 Å². The molecule has 2 heteroatoms. The molecule has 0 unspecified atom stereocenters. The SMILES string of the molecule is Cc1ccc(CN2C3CC(C3)[C@@H](C)[C@H]2CN)cc1. The van der Waals surface area contributed by atoms with Crippen molar-refractivity contribution in [3.05, 3.63) is 35.4 Å². The maximum absolute atomic E-state index is 6.00. The third-order valence-electron chi connectivity index (χ3n) is 5.12. The quantitative estimate of drug-likeness (QED) is 0.885. The summed E-state index contributed by atoms with van der Waals surface area (Å²) >= 11 is 0. The third kappa shape index (κ3) is 1.98. The standard InChI is InChI=1S/C16H24N2/c1-11-3-5-13(6-4-11)10-18-15-7-14(8-15)12(2)16(18)9-17/h3-6,12,14-16H,7-10,17H2,1-2H3/t12-,14?,15?,16-/m1/s1. The molecule has 0 radical (unpaired) electrons. The van der Waals surface area contributed by atoms with E-state index in [0.29, 0.717) is 6.04 Å². The van der Waals surface area contributed by atoms with Crippen molar-refractivity contribution in [1.82, 2.24) is 4.90 Å². The molecule has 3 aliphatic rings. The van der Waals surface area contributed by atoms with Crippen molar-refractivity contribution in [2.24, 2.45) is 17.6 Å². The van der Waals surface area contributed by atoms with E-state index in [1.54, 1.807) is 0 Å². The summed E-state index contributed by atoms with van der Waals surface area (Å²) in [5, 5.41) is 0. The Morgan fingerprint density at radius 1 is 1.22 bits per heavy atom. The van der Waals surface area contributed by atoms with E-state index in [2.05, 4.69) is 43.0 Å². The lowest BCUT2D eigenvalue weighted by Gasteiger charge is -2.57. The van der Waals surface area contributed by atoms with E-state index in [0.717, 1.165) is 31.0 Å². The first-order valence-electron chi connectivity index (χ1n) is 7.20. The van der Waals surface area contributed by atoms with Crippen LogP contribution in [0, 0.1) is 18.8 Å². The first kappa shape index (κ1) is 12.2. The summed E-state index contributed by atoms with van der Waals surface area (Å²) in [4.78, 5) is 2.66. The summed E-state index contributed by atoms with van der Waals surface area (Å²) < 4.78 is 0. The van der Waals surface area contributed by atoms with Crippen LogP contribution >= 0.6 is 0 Å². The van der Waals surface area contributed by atoms with Crippen molar-refractivity contribution in [2.45, 2.75) is 45.3 Å². The highest BCUT2D eigenvalue weighted by Gasteiger charge is 2.47. The van der Waals surface area contributed by atoms with Crippen molar-refractivity contribution in [3.8, 4) is 0 Å². The van der Waals surface area contributed by atoms with E-state index in [9.17, 15) is 0 Å². The zero-order chi connectivity index (χ0) is 12.7. The summed E-state index contributed by atoms with van der Waals surface area (Å²) in [6.07, 6.45) is 2.78. The van der Waals surface area contributed by atoms with Crippen LogP contribution in [0.2, 0.25) is 0 Å². The van der Waals surface area contributed by atoms with Gasteiger partial charge in [0.25, 0.3) is 0 Å². The lowest BCUT2D eigenvalue weighted by molar-refractivity contribution is -0.0760. The van der Waals surface area contributed by atoms with Crippen LogP contribution in [0.5, 0.6) is 0 Å². The van der Waals surface area contributed by atoms with Crippen molar-refractivity contribution < 1.29 is 0 Å². The largest absolute Gasteiger partial charge is 0.329 e. The monoisotopic (exact) mass is 244 g/mol. The topological polar surface area (TPSA) is 29.3 Å². The molecule has 4 rings (SSSR count). The molecule has 0 amide bonds. The molecule has 1 aromatic carbocycles. The van der Waals surface area contributed by atoms with Gasteiger partial charge in [0.05, 0.1) is 0 Å². The molecule has 0 spiro atoms. The van der Waals surface area contributed by atoms with Crippen LogP contribution in [0.25, 0.3) is 0 Å². The number of benzene rings is 1. The van der Waals surface area contributed by atoms with Crippen molar-refractivity contribution in [2.75, 3.05) is 6.54 Å². The Hall–Kier alpha value is -0.860. The molecule has 2 bridgehead atoms. The highest BCUT2D eigenvalue weighted by molar-refractivity contribution is 5.22. The number of fused-ring (bicyclic) bond motifs is 2. The Morgan fingerprint density at radius 2 is 1.89 bits per heavy atom. The smallest absolute Gasteiger partial charge is 0.0253 e. The molecule has 2 saturated heterocycles. The van der Waals surface area contributed by atoms with Gasteiger partial charge in [0.2, 0.25) is 0 Å². The fourth-order valence-electron chi connectivity index (χ4n) is 3.72. The fourth-order valence-corrected chi connectivity index (χ4v) is 3.72. The van der Waals surface area contributed by atoms with E-state index in [1.165, 1.54) is 24.0 Å². The zero-order valence-corrected chi connectivity index (χ0v) is 11.5. The summed E-state index contributed by atoms with van der Waals surface area (Å²) in [5.74, 6) is 1.71. The van der Waals surface area contributed by atoms with E-state index in [-0.39, 0.29) is 0 Å². The molecule has 2 aliphatic heterocycles. The number of aryl methyl sites for hydroxylation is 1. The van der Waals surface area contributed by atoms with Gasteiger partial charge in [0.15, 0.2) is 0 Å². The van der Waals surface area contributed by atoms with Crippen LogP contribution in [-0.2, 0) is 6.54 Å². The molecule has 18 heavy (non-hydrogen) atoms. The highest BCUT2D eigenvalue weighted by Crippen LogP contribution is 2.46. The minimum Gasteiger partial charge on any atom is -0.329 e. The molecule has 0 aromatic heterocycles. The molecule has 1 aromatic rings. The Labute approximate surface area is 110 Å². The van der Waals surface area contributed by atoms with Crippen molar-refractivity contribution >= 4 is 0 Å². The summed E-state index contributed by atoms with van der Waals surface area (Å²) in [7, 11) is 0. The summed E-state index contributed by atoms with van der Waals surface area (Å²) in [6, 6.07) is 10.3. The molecule has 1 aliphatic carbocycles. The third-order valence-corrected chi connectivity index (χ3v) is 5.12. The molecule has 2 heterocycles. The molecule has 2 atom stereocenters. The highest BCUT2D eigenvalue weighted by atomic mass is 15.2. The average Bonchev–Trinajstić information content (AvgIpc) is 2.30. The number of piperidine rings is 2. The van der Waals surface area contributed by atoms with Crippen LogP contribution in [0.3, 0.4) is 0 Å². The van der Waals surface area contributed by atoms with Gasteiger partial charge >= 0.3 is 0 Å². The Bertz CT molecular complexity index is 406. The van der Waals surface area contributed by atoms with Gasteiger partial charge in [0, 0.05) is 25.2 Å². The van der Waals surface area contributed by atoms with Crippen LogP contribution in [0.1, 0.15) is 30.9 Å². The molecule has 2 N–H and O–H groups in total. The lowest BCUT2D eigenvalue weighted by atomic mass is 9.64. The zero-order valence-electron chi connectivity index (χ0n) is 11.5. The first-order valence-corrected chi connectivity index (χ1v) is 7.20. The van der Waals surface area contributed by atoms with Crippen LogP contribution in [-0.4, -0.2) is 23.5 Å². The summed E-state index contributed by atoms with van der Waals surface area (Å²) in [5.41, 5.74) is 8.77. The van der Waals surface area contributed by atoms with E-state index < -0.39 is 0 Å². The number of hydrogen-bond donors (Lipinski definition) is 1. The molecular weight excluding hydrogens is 220 g/mol. The van der Waals surface area contributed by atoms with Crippen LogP contribution in [0.15, 0.2) is 24.3 Å². The van der Waals surface area contributed by atoms with Crippen LogP contribution in [0.4, 0.5) is 0 Å². The predicted molar refractivity (Wildman–Crippen MR) is 75.2 cm³/mol. The van der Waals surface area contributed by atoms with Crippen LogP contribution < -0.4 is 5.73 Å². The molecule has 98 valence electrons. The van der Waals surface area contributed by atoms with Gasteiger partial charge < -0.3 is 5.73 Å².